The van der Waals surface area contributed by atoms with Gasteiger partial charge < -0.3 is 24.3 Å². The van der Waals surface area contributed by atoms with Crippen LogP contribution in [0.5, 0.6) is 23.0 Å². The molecule has 154 valence electrons. The highest BCUT2D eigenvalue weighted by atomic mass is 16.6. The fourth-order valence-corrected chi connectivity index (χ4v) is 2.98. The Morgan fingerprint density at radius 2 is 1.63 bits per heavy atom. The number of nitrogens with one attached hydrogen (secondary N) is 1. The van der Waals surface area contributed by atoms with Crippen molar-refractivity contribution in [2.24, 2.45) is 0 Å². The lowest BCUT2D eigenvalue weighted by Crippen LogP contribution is -2.30. The summed E-state index contributed by atoms with van der Waals surface area (Å²) in [7, 11) is 0. The molecule has 0 unspecified atom stereocenters. The second-order valence-electron chi connectivity index (χ2n) is 6.85. The second kappa shape index (κ2) is 9.22. The van der Waals surface area contributed by atoms with Crippen molar-refractivity contribution >= 4 is 11.6 Å². The predicted octanol–water partition coefficient (Wildman–Crippen LogP) is 4.44. The summed E-state index contributed by atoms with van der Waals surface area (Å²) in [6, 6.07) is 22.5. The number of fused-ring (bicyclic) bond motifs is 1. The zero-order chi connectivity index (χ0) is 20.8. The smallest absolute Gasteiger partial charge is 0.265 e. The van der Waals surface area contributed by atoms with Crippen LogP contribution in [-0.4, -0.2) is 25.2 Å². The lowest BCUT2D eigenvalue weighted by molar-refractivity contribution is -0.122. The molecule has 0 radical (unpaired) electrons. The maximum atomic E-state index is 12.5. The Kier molecular flexibility index (Phi) is 6.03. The number of ether oxygens (including phenoxy) is 4. The average Bonchev–Trinajstić information content (AvgIpc) is 2.79. The molecule has 3 aromatic carbocycles. The van der Waals surface area contributed by atoms with Crippen LogP contribution in [0.1, 0.15) is 12.5 Å². The summed E-state index contributed by atoms with van der Waals surface area (Å²) in [5, 5.41) is 2.84. The zero-order valence-electron chi connectivity index (χ0n) is 16.7. The minimum atomic E-state index is -0.672. The molecular weight excluding hydrogens is 382 g/mol. The summed E-state index contributed by atoms with van der Waals surface area (Å²) in [5.41, 5.74) is 1.73. The third-order valence-corrected chi connectivity index (χ3v) is 4.56. The lowest BCUT2D eigenvalue weighted by atomic mass is 10.2. The number of carbonyl (C=O) groups excluding carboxylic acids is 1. The van der Waals surface area contributed by atoms with Crippen molar-refractivity contribution in [3.63, 3.8) is 0 Å². The normalized spacial score (nSPS) is 13.2. The summed E-state index contributed by atoms with van der Waals surface area (Å²) >= 11 is 0. The average molecular weight is 405 g/mol. The number of amides is 1. The quantitative estimate of drug-likeness (QED) is 0.629. The lowest BCUT2D eigenvalue weighted by Gasteiger charge is -2.20. The highest BCUT2D eigenvalue weighted by Crippen LogP contribution is 2.32. The van der Waals surface area contributed by atoms with Crippen LogP contribution in [0.4, 0.5) is 5.69 Å². The van der Waals surface area contributed by atoms with Gasteiger partial charge in [0.25, 0.3) is 5.91 Å². The fourth-order valence-electron chi connectivity index (χ4n) is 2.98. The molecule has 0 spiro atoms. The van der Waals surface area contributed by atoms with Crippen molar-refractivity contribution < 1.29 is 23.7 Å². The maximum absolute atomic E-state index is 12.5. The van der Waals surface area contributed by atoms with Gasteiger partial charge in [-0.2, -0.15) is 0 Å². The SMILES string of the molecule is C[C@H](Oc1ccc(OCc2ccccc2)cc1)C(=O)Nc1ccc2c(c1)OCCO2. The molecule has 1 aliphatic rings. The Hall–Kier alpha value is -3.67. The number of carbonyl (C=O) groups is 1. The molecule has 1 aliphatic heterocycles. The van der Waals surface area contributed by atoms with E-state index in [0.29, 0.717) is 42.8 Å². The van der Waals surface area contributed by atoms with Crippen molar-refractivity contribution in [3.05, 3.63) is 78.4 Å². The maximum Gasteiger partial charge on any atom is 0.265 e. The third-order valence-electron chi connectivity index (χ3n) is 4.56. The second-order valence-corrected chi connectivity index (χ2v) is 6.85. The third kappa shape index (κ3) is 5.03. The van der Waals surface area contributed by atoms with Gasteiger partial charge in [0.1, 0.15) is 31.3 Å². The van der Waals surface area contributed by atoms with Gasteiger partial charge in [-0.25, -0.2) is 0 Å². The molecule has 0 fully saturated rings. The molecule has 0 aromatic heterocycles. The van der Waals surface area contributed by atoms with E-state index in [9.17, 15) is 4.79 Å². The topological polar surface area (TPSA) is 66.0 Å². The molecule has 0 saturated heterocycles. The Morgan fingerprint density at radius 3 is 2.40 bits per heavy atom. The van der Waals surface area contributed by atoms with Crippen LogP contribution in [0.15, 0.2) is 72.8 Å². The van der Waals surface area contributed by atoms with Crippen LogP contribution in [0, 0.1) is 0 Å². The molecule has 1 amide bonds. The molecule has 0 aliphatic carbocycles. The van der Waals surface area contributed by atoms with Gasteiger partial charge in [0.2, 0.25) is 0 Å². The molecule has 1 atom stereocenters. The first kappa shape index (κ1) is 19.6. The Bertz CT molecular complexity index is 988. The van der Waals surface area contributed by atoms with Crippen molar-refractivity contribution in [3.8, 4) is 23.0 Å². The minimum Gasteiger partial charge on any atom is -0.489 e. The van der Waals surface area contributed by atoms with E-state index in [1.807, 2.05) is 42.5 Å². The van der Waals surface area contributed by atoms with E-state index in [1.54, 1.807) is 37.3 Å². The molecule has 1 heterocycles. The molecule has 0 saturated carbocycles. The van der Waals surface area contributed by atoms with Gasteiger partial charge in [0, 0.05) is 11.8 Å². The molecule has 6 nitrogen and oxygen atoms in total. The van der Waals surface area contributed by atoms with Gasteiger partial charge in [-0.3, -0.25) is 4.79 Å². The highest BCUT2D eigenvalue weighted by Gasteiger charge is 2.17. The highest BCUT2D eigenvalue weighted by molar-refractivity contribution is 5.94. The molecule has 6 heteroatoms. The fraction of sp³-hybridized carbons (Fsp3) is 0.208. The Balaban J connectivity index is 1.29. The van der Waals surface area contributed by atoms with Gasteiger partial charge in [0.05, 0.1) is 0 Å². The number of benzene rings is 3. The van der Waals surface area contributed by atoms with E-state index >= 15 is 0 Å². The molecular formula is C24H23NO5. The first-order valence-electron chi connectivity index (χ1n) is 9.81. The zero-order valence-corrected chi connectivity index (χ0v) is 16.7. The van der Waals surface area contributed by atoms with Crippen molar-refractivity contribution in [2.45, 2.75) is 19.6 Å². The van der Waals surface area contributed by atoms with Crippen LogP contribution in [-0.2, 0) is 11.4 Å². The molecule has 0 bridgehead atoms. The van der Waals surface area contributed by atoms with Gasteiger partial charge in [-0.1, -0.05) is 30.3 Å². The molecule has 3 aromatic rings. The van der Waals surface area contributed by atoms with Crippen LogP contribution in [0.3, 0.4) is 0 Å². The van der Waals surface area contributed by atoms with Crippen LogP contribution < -0.4 is 24.3 Å². The number of hydrogen-bond donors (Lipinski definition) is 1. The first-order chi connectivity index (χ1) is 14.7. The van der Waals surface area contributed by atoms with E-state index in [0.717, 1.165) is 11.3 Å². The summed E-state index contributed by atoms with van der Waals surface area (Å²) in [5.74, 6) is 2.37. The van der Waals surface area contributed by atoms with E-state index in [2.05, 4.69) is 5.32 Å². The Morgan fingerprint density at radius 1 is 0.933 bits per heavy atom. The number of anilines is 1. The monoisotopic (exact) mass is 405 g/mol. The van der Waals surface area contributed by atoms with E-state index in [-0.39, 0.29) is 5.91 Å². The summed E-state index contributed by atoms with van der Waals surface area (Å²) < 4.78 is 22.6. The largest absolute Gasteiger partial charge is 0.489 e. The van der Waals surface area contributed by atoms with E-state index in [1.165, 1.54) is 0 Å². The van der Waals surface area contributed by atoms with Crippen molar-refractivity contribution in [1.82, 2.24) is 0 Å². The Labute approximate surface area is 175 Å². The van der Waals surface area contributed by atoms with E-state index in [4.69, 9.17) is 18.9 Å². The summed E-state index contributed by atoms with van der Waals surface area (Å²) in [4.78, 5) is 12.5. The molecule has 1 N–H and O–H groups in total. The standard InChI is InChI=1S/C24H23NO5/c1-17(24(26)25-19-7-12-22-23(15-19)28-14-13-27-22)30-21-10-8-20(9-11-21)29-16-18-5-3-2-4-6-18/h2-12,15,17H,13-14,16H2,1H3,(H,25,26)/t17-/m0/s1. The van der Waals surface area contributed by atoms with Gasteiger partial charge in [0.15, 0.2) is 17.6 Å². The van der Waals surface area contributed by atoms with Crippen LogP contribution >= 0.6 is 0 Å². The first-order valence-corrected chi connectivity index (χ1v) is 9.81. The molecule has 4 rings (SSSR count). The number of rotatable bonds is 7. The van der Waals surface area contributed by atoms with Gasteiger partial charge in [-0.05, 0) is 48.9 Å². The van der Waals surface area contributed by atoms with Gasteiger partial charge >= 0.3 is 0 Å². The predicted molar refractivity (Wildman–Crippen MR) is 113 cm³/mol. The summed E-state index contributed by atoms with van der Waals surface area (Å²) in [6.45, 7) is 3.22. The van der Waals surface area contributed by atoms with Crippen LogP contribution in [0.25, 0.3) is 0 Å². The number of hydrogen-bond acceptors (Lipinski definition) is 5. The van der Waals surface area contributed by atoms with Crippen molar-refractivity contribution in [1.29, 1.82) is 0 Å². The van der Waals surface area contributed by atoms with Gasteiger partial charge in [-0.15, -0.1) is 0 Å². The van der Waals surface area contributed by atoms with Crippen LogP contribution in [0.2, 0.25) is 0 Å². The summed E-state index contributed by atoms with van der Waals surface area (Å²) in [6.07, 6.45) is -0.672. The van der Waals surface area contributed by atoms with Crippen molar-refractivity contribution in [2.75, 3.05) is 18.5 Å². The molecule has 30 heavy (non-hydrogen) atoms. The van der Waals surface area contributed by atoms with E-state index < -0.39 is 6.10 Å². The minimum absolute atomic E-state index is 0.254.